The van der Waals surface area contributed by atoms with Crippen LogP contribution in [0.5, 0.6) is 0 Å². The van der Waals surface area contributed by atoms with Gasteiger partial charge in [0.1, 0.15) is 0 Å². The number of fused-ring (bicyclic) bond motifs is 1. The molecule has 2 aromatic heterocycles. The summed E-state index contributed by atoms with van der Waals surface area (Å²) in [6.45, 7) is 7.51. The van der Waals surface area contributed by atoms with Crippen LogP contribution in [0.3, 0.4) is 0 Å². The minimum absolute atomic E-state index is 0.0875. The molecule has 7 heteroatoms. The number of nitrogens with one attached hydrogen (secondary N) is 1. The Bertz CT molecular complexity index is 729. The van der Waals surface area contributed by atoms with E-state index in [9.17, 15) is 4.79 Å². The predicted molar refractivity (Wildman–Crippen MR) is 84.4 cm³/mol. The van der Waals surface area contributed by atoms with E-state index >= 15 is 0 Å². The molecule has 2 aromatic rings. The minimum Gasteiger partial charge on any atom is -0.338 e. The first-order valence-electron chi connectivity index (χ1n) is 7.97. The molecule has 1 amide bonds. The van der Waals surface area contributed by atoms with Gasteiger partial charge in [-0.2, -0.15) is 5.10 Å². The number of carbonyl (C=O) groups excluding carboxylic acids is 1. The molecule has 0 saturated carbocycles. The van der Waals surface area contributed by atoms with Crippen LogP contribution in [0.2, 0.25) is 0 Å². The predicted octanol–water partition coefficient (Wildman–Crippen LogP) is 0.571. The zero-order valence-corrected chi connectivity index (χ0v) is 13.4. The molecule has 23 heavy (non-hydrogen) atoms. The van der Waals surface area contributed by atoms with Gasteiger partial charge < -0.3 is 10.2 Å². The van der Waals surface area contributed by atoms with Crippen molar-refractivity contribution in [3.05, 3.63) is 35.5 Å². The molecule has 7 nitrogen and oxygen atoms in total. The summed E-state index contributed by atoms with van der Waals surface area (Å²) < 4.78 is 1.70. The van der Waals surface area contributed by atoms with Crippen molar-refractivity contribution < 1.29 is 4.79 Å². The van der Waals surface area contributed by atoms with Crippen LogP contribution in [0.4, 0.5) is 0 Å². The van der Waals surface area contributed by atoms with Crippen molar-refractivity contribution in [3.8, 4) is 5.82 Å². The van der Waals surface area contributed by atoms with Gasteiger partial charge in [0, 0.05) is 38.6 Å². The molecule has 1 N–H and O–H groups in total. The summed E-state index contributed by atoms with van der Waals surface area (Å²) in [5.74, 6) is 1.91. The second kappa shape index (κ2) is 5.42. The van der Waals surface area contributed by atoms with Gasteiger partial charge in [0.15, 0.2) is 5.82 Å². The second-order valence-corrected chi connectivity index (χ2v) is 6.41. The average molecular weight is 312 g/mol. The summed E-state index contributed by atoms with van der Waals surface area (Å²) in [5, 5.41) is 7.90. The van der Waals surface area contributed by atoms with Crippen LogP contribution >= 0.6 is 0 Å². The largest absolute Gasteiger partial charge is 0.338 e. The van der Waals surface area contributed by atoms with Gasteiger partial charge in [0.05, 0.1) is 23.1 Å². The molecule has 120 valence electrons. The van der Waals surface area contributed by atoms with Crippen molar-refractivity contribution in [1.82, 2.24) is 30.0 Å². The highest BCUT2D eigenvalue weighted by molar-refractivity contribution is 5.96. The number of hydrogen-bond acceptors (Lipinski definition) is 5. The average Bonchev–Trinajstić information content (AvgIpc) is 3.21. The molecule has 2 aliphatic heterocycles. The highest BCUT2D eigenvalue weighted by Crippen LogP contribution is 2.28. The Balaban J connectivity index is 1.64. The fourth-order valence-corrected chi connectivity index (χ4v) is 3.76. The second-order valence-electron chi connectivity index (χ2n) is 6.41. The maximum Gasteiger partial charge on any atom is 0.257 e. The van der Waals surface area contributed by atoms with Crippen molar-refractivity contribution in [1.29, 1.82) is 0 Å². The van der Waals surface area contributed by atoms with E-state index in [1.807, 2.05) is 18.7 Å². The molecule has 2 atom stereocenters. The topological polar surface area (TPSA) is 75.9 Å². The van der Waals surface area contributed by atoms with E-state index in [-0.39, 0.29) is 5.91 Å². The van der Waals surface area contributed by atoms with Crippen LogP contribution in [0, 0.1) is 25.7 Å². The highest BCUT2D eigenvalue weighted by atomic mass is 16.2. The standard InChI is InChI=1S/C16H20N6O/c1-10-15(11(2)22(20-10)14-7-17-3-4-19-14)16(23)21-8-12-5-18-6-13(12)9-21/h3-4,7,12-13,18H,5-6,8-9H2,1-2H3. The molecule has 0 aliphatic carbocycles. The number of carbonyl (C=O) groups is 1. The Morgan fingerprint density at radius 1 is 1.22 bits per heavy atom. The van der Waals surface area contributed by atoms with Crippen molar-refractivity contribution in [2.45, 2.75) is 13.8 Å². The molecular formula is C16H20N6O. The van der Waals surface area contributed by atoms with Crippen molar-refractivity contribution in [3.63, 3.8) is 0 Å². The number of amides is 1. The molecule has 0 bridgehead atoms. The van der Waals surface area contributed by atoms with Crippen molar-refractivity contribution in [2.75, 3.05) is 26.2 Å². The van der Waals surface area contributed by atoms with Crippen LogP contribution in [-0.2, 0) is 0 Å². The number of aromatic nitrogens is 4. The summed E-state index contributed by atoms with van der Waals surface area (Å²) in [5.41, 5.74) is 2.26. The van der Waals surface area contributed by atoms with E-state index < -0.39 is 0 Å². The third-order valence-corrected chi connectivity index (χ3v) is 4.95. The first-order chi connectivity index (χ1) is 11.1. The summed E-state index contributed by atoms with van der Waals surface area (Å²) in [6.07, 6.45) is 4.90. The lowest BCUT2D eigenvalue weighted by molar-refractivity contribution is 0.0780. The van der Waals surface area contributed by atoms with Crippen LogP contribution in [0.1, 0.15) is 21.7 Å². The first-order valence-corrected chi connectivity index (χ1v) is 7.97. The molecule has 2 saturated heterocycles. The summed E-state index contributed by atoms with van der Waals surface area (Å²) in [4.78, 5) is 23.3. The zero-order chi connectivity index (χ0) is 16.0. The Labute approximate surface area is 134 Å². The van der Waals surface area contributed by atoms with Crippen molar-refractivity contribution >= 4 is 5.91 Å². The third-order valence-electron chi connectivity index (χ3n) is 4.95. The summed E-state index contributed by atoms with van der Waals surface area (Å²) in [6, 6.07) is 0. The number of hydrogen-bond donors (Lipinski definition) is 1. The molecule has 0 aromatic carbocycles. The Kier molecular flexibility index (Phi) is 3.37. The van der Waals surface area contributed by atoms with Crippen LogP contribution < -0.4 is 5.32 Å². The summed E-state index contributed by atoms with van der Waals surface area (Å²) in [7, 11) is 0. The van der Waals surface area contributed by atoms with Crippen LogP contribution in [0.25, 0.3) is 5.82 Å². The van der Waals surface area contributed by atoms with Gasteiger partial charge in [-0.05, 0) is 25.7 Å². The molecule has 2 unspecified atom stereocenters. The van der Waals surface area contributed by atoms with E-state index in [1.54, 1.807) is 23.3 Å². The van der Waals surface area contributed by atoms with Crippen molar-refractivity contribution in [2.24, 2.45) is 11.8 Å². The molecule has 4 heterocycles. The first kappa shape index (κ1) is 14.3. The normalized spacial score (nSPS) is 23.3. The quantitative estimate of drug-likeness (QED) is 0.877. The molecule has 2 fully saturated rings. The monoisotopic (exact) mass is 312 g/mol. The molecule has 2 aliphatic rings. The lowest BCUT2D eigenvalue weighted by Crippen LogP contribution is -2.32. The van der Waals surface area contributed by atoms with Crippen LogP contribution in [-0.4, -0.2) is 56.7 Å². The van der Waals surface area contributed by atoms with Gasteiger partial charge >= 0.3 is 0 Å². The zero-order valence-electron chi connectivity index (χ0n) is 13.4. The summed E-state index contributed by atoms with van der Waals surface area (Å²) >= 11 is 0. The van der Waals surface area contributed by atoms with E-state index in [1.165, 1.54) is 0 Å². The Morgan fingerprint density at radius 2 is 1.96 bits per heavy atom. The lowest BCUT2D eigenvalue weighted by atomic mass is 10.0. The number of aryl methyl sites for hydroxylation is 1. The van der Waals surface area contributed by atoms with Gasteiger partial charge in [-0.25, -0.2) is 9.67 Å². The van der Waals surface area contributed by atoms with Gasteiger partial charge in [0.25, 0.3) is 5.91 Å². The lowest BCUT2D eigenvalue weighted by Gasteiger charge is -2.17. The maximum atomic E-state index is 13.0. The molecule has 0 spiro atoms. The van der Waals surface area contributed by atoms with E-state index in [0.29, 0.717) is 23.2 Å². The fourth-order valence-electron chi connectivity index (χ4n) is 3.76. The Morgan fingerprint density at radius 3 is 2.61 bits per heavy atom. The SMILES string of the molecule is Cc1nn(-c2cnccn2)c(C)c1C(=O)N1CC2CNCC2C1. The number of likely N-dealkylation sites (tertiary alicyclic amines) is 1. The smallest absolute Gasteiger partial charge is 0.257 e. The van der Waals surface area contributed by atoms with Gasteiger partial charge in [-0.1, -0.05) is 0 Å². The maximum absolute atomic E-state index is 13.0. The van der Waals surface area contributed by atoms with E-state index in [4.69, 9.17) is 0 Å². The van der Waals surface area contributed by atoms with Gasteiger partial charge in [-0.15, -0.1) is 0 Å². The third kappa shape index (κ3) is 2.31. The highest BCUT2D eigenvalue weighted by Gasteiger charge is 2.39. The minimum atomic E-state index is 0.0875. The van der Waals surface area contributed by atoms with Crippen LogP contribution in [0.15, 0.2) is 18.6 Å². The van der Waals surface area contributed by atoms with E-state index in [0.717, 1.165) is 37.6 Å². The fraction of sp³-hybridized carbons (Fsp3) is 0.500. The molecule has 4 rings (SSSR count). The molecular weight excluding hydrogens is 292 g/mol. The Hall–Kier alpha value is -2.28. The van der Waals surface area contributed by atoms with E-state index in [2.05, 4.69) is 20.4 Å². The number of nitrogens with zero attached hydrogens (tertiary/aromatic N) is 5. The van der Waals surface area contributed by atoms with Gasteiger partial charge in [0.2, 0.25) is 0 Å². The number of rotatable bonds is 2. The molecule has 0 radical (unpaired) electrons. The van der Waals surface area contributed by atoms with Gasteiger partial charge in [-0.3, -0.25) is 9.78 Å².